The van der Waals surface area contributed by atoms with Crippen molar-refractivity contribution in [1.82, 2.24) is 4.31 Å². The highest BCUT2D eigenvalue weighted by atomic mass is 32.2. The summed E-state index contributed by atoms with van der Waals surface area (Å²) in [7, 11) is -3.64. The Kier molecular flexibility index (Phi) is 3.61. The molecule has 1 aliphatic rings. The van der Waals surface area contributed by atoms with Gasteiger partial charge in [0.1, 0.15) is 11.9 Å². The zero-order chi connectivity index (χ0) is 14.2. The zero-order valence-electron chi connectivity index (χ0n) is 10.8. The molecule has 1 saturated heterocycles. The van der Waals surface area contributed by atoms with Crippen molar-refractivity contribution in [3.63, 3.8) is 0 Å². The highest BCUT2D eigenvalue weighted by Gasteiger charge is 2.35. The molecule has 1 fully saturated rings. The SMILES string of the molecule is CC1CN(S(=O)(=O)c2ccc(F)c(C#N)c2)CC1C. The Morgan fingerprint density at radius 3 is 2.42 bits per heavy atom. The van der Waals surface area contributed by atoms with E-state index in [0.29, 0.717) is 24.9 Å². The minimum Gasteiger partial charge on any atom is -0.207 e. The minimum atomic E-state index is -3.64. The Morgan fingerprint density at radius 1 is 1.32 bits per heavy atom. The van der Waals surface area contributed by atoms with Crippen molar-refractivity contribution in [2.24, 2.45) is 11.8 Å². The molecule has 19 heavy (non-hydrogen) atoms. The quantitative estimate of drug-likeness (QED) is 0.833. The molecule has 0 saturated carbocycles. The van der Waals surface area contributed by atoms with Gasteiger partial charge in [0.25, 0.3) is 0 Å². The predicted octanol–water partition coefficient (Wildman–Crippen LogP) is 1.97. The van der Waals surface area contributed by atoms with Crippen molar-refractivity contribution in [2.75, 3.05) is 13.1 Å². The van der Waals surface area contributed by atoms with Crippen LogP contribution in [0.1, 0.15) is 19.4 Å². The first-order valence-corrected chi connectivity index (χ1v) is 7.50. The fourth-order valence-electron chi connectivity index (χ4n) is 2.17. The Morgan fingerprint density at radius 2 is 1.89 bits per heavy atom. The van der Waals surface area contributed by atoms with Gasteiger partial charge in [-0.15, -0.1) is 0 Å². The van der Waals surface area contributed by atoms with Crippen LogP contribution in [-0.2, 0) is 10.0 Å². The second-order valence-corrected chi connectivity index (χ2v) is 6.97. The Balaban J connectivity index is 2.38. The van der Waals surface area contributed by atoms with Gasteiger partial charge in [-0.25, -0.2) is 12.8 Å². The molecule has 6 heteroatoms. The minimum absolute atomic E-state index is 0.0215. The highest BCUT2D eigenvalue weighted by Crippen LogP contribution is 2.28. The molecule has 0 bridgehead atoms. The summed E-state index contributed by atoms with van der Waals surface area (Å²) in [6.45, 7) is 4.93. The van der Waals surface area contributed by atoms with Gasteiger partial charge in [0.15, 0.2) is 0 Å². The number of hydrogen-bond acceptors (Lipinski definition) is 3. The lowest BCUT2D eigenvalue weighted by Gasteiger charge is -2.16. The summed E-state index contributed by atoms with van der Waals surface area (Å²) in [6.07, 6.45) is 0. The largest absolute Gasteiger partial charge is 0.243 e. The van der Waals surface area contributed by atoms with E-state index in [4.69, 9.17) is 5.26 Å². The van der Waals surface area contributed by atoms with Crippen LogP contribution in [0.3, 0.4) is 0 Å². The van der Waals surface area contributed by atoms with Gasteiger partial charge < -0.3 is 0 Å². The molecular formula is C13H15FN2O2S. The number of nitriles is 1. The number of rotatable bonds is 2. The molecule has 0 spiro atoms. The van der Waals surface area contributed by atoms with E-state index in [0.717, 1.165) is 12.1 Å². The molecule has 0 amide bonds. The van der Waals surface area contributed by atoms with E-state index in [-0.39, 0.29) is 10.5 Å². The molecule has 102 valence electrons. The molecule has 0 aliphatic carbocycles. The molecule has 1 aliphatic heterocycles. The van der Waals surface area contributed by atoms with Crippen LogP contribution in [-0.4, -0.2) is 25.8 Å². The van der Waals surface area contributed by atoms with Crippen molar-refractivity contribution in [2.45, 2.75) is 18.7 Å². The van der Waals surface area contributed by atoms with E-state index in [1.807, 2.05) is 13.8 Å². The second kappa shape index (κ2) is 4.91. The van der Waals surface area contributed by atoms with E-state index in [2.05, 4.69) is 0 Å². The highest BCUT2D eigenvalue weighted by molar-refractivity contribution is 7.89. The summed E-state index contributed by atoms with van der Waals surface area (Å²) in [5.41, 5.74) is -0.249. The monoisotopic (exact) mass is 282 g/mol. The van der Waals surface area contributed by atoms with Gasteiger partial charge in [0.05, 0.1) is 10.5 Å². The average Bonchev–Trinajstić information content (AvgIpc) is 2.70. The fraction of sp³-hybridized carbons (Fsp3) is 0.462. The molecule has 2 atom stereocenters. The number of nitrogens with zero attached hydrogens (tertiary/aromatic N) is 2. The Hall–Kier alpha value is -1.45. The number of halogens is 1. The van der Waals surface area contributed by atoms with Gasteiger partial charge in [-0.1, -0.05) is 13.8 Å². The second-order valence-electron chi connectivity index (χ2n) is 5.03. The molecule has 1 aromatic rings. The molecular weight excluding hydrogens is 267 g/mol. The Labute approximate surface area is 112 Å². The number of benzene rings is 1. The van der Waals surface area contributed by atoms with Gasteiger partial charge in [-0.05, 0) is 30.0 Å². The first-order valence-electron chi connectivity index (χ1n) is 6.06. The summed E-state index contributed by atoms with van der Waals surface area (Å²) < 4.78 is 39.4. The fourth-order valence-corrected chi connectivity index (χ4v) is 3.84. The van der Waals surface area contributed by atoms with Crippen molar-refractivity contribution in [3.05, 3.63) is 29.6 Å². The van der Waals surface area contributed by atoms with Crippen LogP contribution in [0.4, 0.5) is 4.39 Å². The molecule has 1 aromatic carbocycles. The standard InChI is InChI=1S/C13H15FN2O2S/c1-9-7-16(8-10(9)2)19(17,18)12-3-4-13(14)11(5-12)6-15/h3-5,9-10H,7-8H2,1-2H3. The third kappa shape index (κ3) is 2.48. The summed E-state index contributed by atoms with van der Waals surface area (Å²) in [4.78, 5) is -0.0215. The molecule has 0 N–H and O–H groups in total. The van der Waals surface area contributed by atoms with Crippen LogP contribution in [0, 0.1) is 29.0 Å². The lowest BCUT2D eigenvalue weighted by Crippen LogP contribution is -2.29. The van der Waals surface area contributed by atoms with Crippen LogP contribution >= 0.6 is 0 Å². The number of sulfonamides is 1. The summed E-state index contributed by atoms with van der Waals surface area (Å²) >= 11 is 0. The third-order valence-corrected chi connectivity index (χ3v) is 5.48. The first-order chi connectivity index (χ1) is 8.86. The van der Waals surface area contributed by atoms with Gasteiger partial charge >= 0.3 is 0 Å². The van der Waals surface area contributed by atoms with E-state index in [1.165, 1.54) is 10.4 Å². The van der Waals surface area contributed by atoms with Crippen LogP contribution < -0.4 is 0 Å². The van der Waals surface area contributed by atoms with Gasteiger partial charge in [-0.3, -0.25) is 0 Å². The van der Waals surface area contributed by atoms with Crippen molar-refractivity contribution < 1.29 is 12.8 Å². The smallest absolute Gasteiger partial charge is 0.207 e. The maximum Gasteiger partial charge on any atom is 0.243 e. The molecule has 4 nitrogen and oxygen atoms in total. The lowest BCUT2D eigenvalue weighted by atomic mass is 10.0. The predicted molar refractivity (Wildman–Crippen MR) is 68.2 cm³/mol. The molecule has 0 radical (unpaired) electrons. The lowest BCUT2D eigenvalue weighted by molar-refractivity contribution is 0.463. The third-order valence-electron chi connectivity index (χ3n) is 3.65. The average molecular weight is 282 g/mol. The van der Waals surface area contributed by atoms with Crippen LogP contribution in [0.15, 0.2) is 23.1 Å². The molecule has 0 aromatic heterocycles. The molecule has 2 unspecified atom stereocenters. The van der Waals surface area contributed by atoms with Gasteiger partial charge in [-0.2, -0.15) is 9.57 Å². The maximum absolute atomic E-state index is 13.2. The van der Waals surface area contributed by atoms with Crippen LogP contribution in [0.25, 0.3) is 0 Å². The van der Waals surface area contributed by atoms with Crippen molar-refractivity contribution in [3.8, 4) is 6.07 Å². The summed E-state index contributed by atoms with van der Waals surface area (Å²) in [5.74, 6) is -0.110. The molecule has 1 heterocycles. The van der Waals surface area contributed by atoms with E-state index in [1.54, 1.807) is 6.07 Å². The normalized spacial score (nSPS) is 24.3. The topological polar surface area (TPSA) is 61.2 Å². The van der Waals surface area contributed by atoms with Crippen LogP contribution in [0.5, 0.6) is 0 Å². The van der Waals surface area contributed by atoms with Crippen molar-refractivity contribution >= 4 is 10.0 Å². The summed E-state index contributed by atoms with van der Waals surface area (Å²) in [6, 6.07) is 4.98. The zero-order valence-corrected chi connectivity index (χ0v) is 11.6. The van der Waals surface area contributed by atoms with Gasteiger partial charge in [0.2, 0.25) is 10.0 Å². The van der Waals surface area contributed by atoms with Gasteiger partial charge in [0, 0.05) is 13.1 Å². The maximum atomic E-state index is 13.2. The first kappa shape index (κ1) is 14.0. The summed E-state index contributed by atoms with van der Waals surface area (Å²) in [5, 5.41) is 8.76. The van der Waals surface area contributed by atoms with E-state index >= 15 is 0 Å². The number of hydrogen-bond donors (Lipinski definition) is 0. The van der Waals surface area contributed by atoms with E-state index < -0.39 is 15.8 Å². The van der Waals surface area contributed by atoms with E-state index in [9.17, 15) is 12.8 Å². The molecule has 2 rings (SSSR count). The Bertz CT molecular complexity index is 627. The van der Waals surface area contributed by atoms with Crippen LogP contribution in [0.2, 0.25) is 0 Å². The van der Waals surface area contributed by atoms with Crippen molar-refractivity contribution in [1.29, 1.82) is 5.26 Å².